The lowest BCUT2D eigenvalue weighted by molar-refractivity contribution is -0.308. The SMILES string of the molecule is CCN(c1ccc([C@@H](CC(=O)[O-])C(F)(F)F)cc1N)C1CCOCC1. The van der Waals surface area contributed by atoms with Gasteiger partial charge in [0.1, 0.15) is 0 Å². The molecule has 0 saturated carbocycles. The monoisotopic (exact) mass is 359 g/mol. The number of hydrogen-bond acceptors (Lipinski definition) is 5. The molecule has 5 nitrogen and oxygen atoms in total. The summed E-state index contributed by atoms with van der Waals surface area (Å²) < 4.78 is 44.8. The molecule has 0 unspecified atom stereocenters. The van der Waals surface area contributed by atoms with Crippen molar-refractivity contribution in [2.75, 3.05) is 30.4 Å². The Labute approximate surface area is 144 Å². The molecular formula is C17H22F3N2O3-. The number of rotatable bonds is 6. The number of ether oxygens (including phenoxy) is 1. The van der Waals surface area contributed by atoms with Crippen molar-refractivity contribution in [1.82, 2.24) is 0 Å². The smallest absolute Gasteiger partial charge is 0.396 e. The van der Waals surface area contributed by atoms with E-state index in [1.54, 1.807) is 0 Å². The summed E-state index contributed by atoms with van der Waals surface area (Å²) in [7, 11) is 0. The second kappa shape index (κ2) is 7.95. The highest BCUT2D eigenvalue weighted by Gasteiger charge is 2.40. The Morgan fingerprint density at radius 3 is 2.52 bits per heavy atom. The van der Waals surface area contributed by atoms with E-state index < -0.39 is 24.5 Å². The normalized spacial score (nSPS) is 17.3. The highest BCUT2D eigenvalue weighted by Crippen LogP contribution is 2.39. The van der Waals surface area contributed by atoms with Gasteiger partial charge in [0.05, 0.1) is 17.3 Å². The van der Waals surface area contributed by atoms with Gasteiger partial charge in [-0.05, 0) is 37.5 Å². The number of nitrogen functional groups attached to an aromatic ring is 1. The van der Waals surface area contributed by atoms with Gasteiger partial charge in [-0.25, -0.2) is 0 Å². The number of aliphatic carboxylic acids is 1. The molecule has 2 N–H and O–H groups in total. The van der Waals surface area contributed by atoms with Crippen molar-refractivity contribution in [3.8, 4) is 0 Å². The fourth-order valence-electron chi connectivity index (χ4n) is 3.26. The van der Waals surface area contributed by atoms with Crippen LogP contribution in [-0.4, -0.2) is 37.9 Å². The number of carbonyl (C=O) groups excluding carboxylic acids is 1. The molecule has 1 heterocycles. The Morgan fingerprint density at radius 2 is 2.04 bits per heavy atom. The predicted octanol–water partition coefficient (Wildman–Crippen LogP) is 2.06. The molecule has 140 valence electrons. The molecule has 2 rings (SSSR count). The Balaban J connectivity index is 2.30. The van der Waals surface area contributed by atoms with Crippen molar-refractivity contribution in [1.29, 1.82) is 0 Å². The fraction of sp³-hybridized carbons (Fsp3) is 0.588. The highest BCUT2D eigenvalue weighted by molar-refractivity contribution is 5.70. The molecule has 0 radical (unpaired) electrons. The first-order chi connectivity index (χ1) is 11.7. The first kappa shape index (κ1) is 19.4. The van der Waals surface area contributed by atoms with Crippen molar-refractivity contribution in [3.63, 3.8) is 0 Å². The third kappa shape index (κ3) is 4.78. The zero-order valence-electron chi connectivity index (χ0n) is 14.0. The van der Waals surface area contributed by atoms with Crippen LogP contribution in [-0.2, 0) is 9.53 Å². The molecule has 1 aliphatic heterocycles. The van der Waals surface area contributed by atoms with Crippen LogP contribution in [0.25, 0.3) is 0 Å². The molecule has 1 aliphatic rings. The summed E-state index contributed by atoms with van der Waals surface area (Å²) >= 11 is 0. The molecule has 1 aromatic rings. The summed E-state index contributed by atoms with van der Waals surface area (Å²) in [5.74, 6) is -3.88. The summed E-state index contributed by atoms with van der Waals surface area (Å²) in [6.07, 6.45) is -4.16. The number of nitrogens with two attached hydrogens (primary N) is 1. The molecule has 25 heavy (non-hydrogen) atoms. The van der Waals surface area contributed by atoms with E-state index in [2.05, 4.69) is 4.90 Å². The number of hydrogen-bond donors (Lipinski definition) is 1. The standard InChI is InChI=1S/C17H23F3N2O3/c1-2-22(12-5-7-25-8-6-12)15-4-3-11(9-14(15)21)13(10-16(23)24)17(18,19)20/h3-4,9,12-13H,2,5-8,10,21H2,1H3,(H,23,24)/p-1/t13-/m1/s1. The van der Waals surface area contributed by atoms with Gasteiger partial charge in [0.25, 0.3) is 0 Å². The molecule has 0 aromatic heterocycles. The van der Waals surface area contributed by atoms with Crippen LogP contribution in [0.1, 0.15) is 37.7 Å². The Kier molecular flexibility index (Phi) is 6.16. The van der Waals surface area contributed by atoms with E-state index in [1.807, 2.05) is 6.92 Å². The van der Waals surface area contributed by atoms with E-state index in [9.17, 15) is 23.1 Å². The molecule has 0 amide bonds. The van der Waals surface area contributed by atoms with Crippen LogP contribution in [0.5, 0.6) is 0 Å². The fourth-order valence-corrected chi connectivity index (χ4v) is 3.26. The number of nitrogens with zero attached hydrogens (tertiary/aromatic N) is 1. The van der Waals surface area contributed by atoms with E-state index in [-0.39, 0.29) is 17.3 Å². The predicted molar refractivity (Wildman–Crippen MR) is 86.1 cm³/mol. The topological polar surface area (TPSA) is 78.6 Å². The number of anilines is 2. The van der Waals surface area contributed by atoms with Gasteiger partial charge in [0, 0.05) is 38.2 Å². The van der Waals surface area contributed by atoms with Gasteiger partial charge in [-0.2, -0.15) is 13.2 Å². The molecule has 0 spiro atoms. The van der Waals surface area contributed by atoms with Crippen LogP contribution in [0.4, 0.5) is 24.5 Å². The van der Waals surface area contributed by atoms with Gasteiger partial charge in [0.2, 0.25) is 0 Å². The van der Waals surface area contributed by atoms with Gasteiger partial charge < -0.3 is 25.3 Å². The van der Waals surface area contributed by atoms with Crippen LogP contribution in [0.15, 0.2) is 18.2 Å². The average Bonchev–Trinajstić information content (AvgIpc) is 2.54. The summed E-state index contributed by atoms with van der Waals surface area (Å²) in [4.78, 5) is 12.7. The zero-order chi connectivity index (χ0) is 18.6. The lowest BCUT2D eigenvalue weighted by Gasteiger charge is -2.36. The molecule has 1 saturated heterocycles. The summed E-state index contributed by atoms with van der Waals surface area (Å²) in [5, 5.41) is 10.7. The zero-order valence-corrected chi connectivity index (χ0v) is 14.0. The molecule has 0 aliphatic carbocycles. The van der Waals surface area contributed by atoms with Crippen LogP contribution < -0.4 is 15.7 Å². The van der Waals surface area contributed by atoms with E-state index in [4.69, 9.17) is 10.5 Å². The minimum absolute atomic E-state index is 0.166. The first-order valence-electron chi connectivity index (χ1n) is 8.24. The molecule has 1 aromatic carbocycles. The summed E-state index contributed by atoms with van der Waals surface area (Å²) in [5.41, 5.74) is 6.71. The Bertz CT molecular complexity index is 601. The quantitative estimate of drug-likeness (QED) is 0.787. The number of benzene rings is 1. The first-order valence-corrected chi connectivity index (χ1v) is 8.24. The second-order valence-corrected chi connectivity index (χ2v) is 6.12. The van der Waals surface area contributed by atoms with Gasteiger partial charge in [-0.3, -0.25) is 0 Å². The van der Waals surface area contributed by atoms with Gasteiger partial charge >= 0.3 is 6.18 Å². The van der Waals surface area contributed by atoms with Gasteiger partial charge in [-0.15, -0.1) is 0 Å². The van der Waals surface area contributed by atoms with Gasteiger partial charge in [0.15, 0.2) is 0 Å². The second-order valence-electron chi connectivity index (χ2n) is 6.12. The van der Waals surface area contributed by atoms with Crippen LogP contribution in [0.3, 0.4) is 0 Å². The number of carboxylic acid groups (broad SMARTS) is 1. The third-order valence-electron chi connectivity index (χ3n) is 4.50. The van der Waals surface area contributed by atoms with Crippen molar-refractivity contribution < 1.29 is 27.8 Å². The Morgan fingerprint density at radius 1 is 1.40 bits per heavy atom. The summed E-state index contributed by atoms with van der Waals surface area (Å²) in [6, 6.07) is 4.28. The van der Waals surface area contributed by atoms with Crippen molar-refractivity contribution in [2.45, 2.75) is 44.3 Å². The molecule has 0 bridgehead atoms. The molecule has 1 atom stereocenters. The lowest BCUT2D eigenvalue weighted by atomic mass is 9.94. The molecule has 1 fully saturated rings. The largest absolute Gasteiger partial charge is 0.550 e. The maximum Gasteiger partial charge on any atom is 0.396 e. The van der Waals surface area contributed by atoms with E-state index in [0.29, 0.717) is 25.4 Å². The van der Waals surface area contributed by atoms with E-state index in [1.165, 1.54) is 18.2 Å². The van der Waals surface area contributed by atoms with Crippen LogP contribution in [0, 0.1) is 0 Å². The van der Waals surface area contributed by atoms with Crippen LogP contribution in [0.2, 0.25) is 0 Å². The van der Waals surface area contributed by atoms with Crippen molar-refractivity contribution in [2.24, 2.45) is 0 Å². The number of carboxylic acids is 1. The minimum Gasteiger partial charge on any atom is -0.550 e. The minimum atomic E-state index is -4.68. The molecular weight excluding hydrogens is 337 g/mol. The number of carbonyl (C=O) groups is 1. The summed E-state index contributed by atoms with van der Waals surface area (Å²) in [6.45, 7) is 3.90. The molecule has 8 heteroatoms. The van der Waals surface area contributed by atoms with Crippen molar-refractivity contribution in [3.05, 3.63) is 23.8 Å². The average molecular weight is 359 g/mol. The lowest BCUT2D eigenvalue weighted by Crippen LogP contribution is -2.39. The number of alkyl halides is 3. The Hall–Kier alpha value is -1.96. The van der Waals surface area contributed by atoms with Crippen LogP contribution >= 0.6 is 0 Å². The third-order valence-corrected chi connectivity index (χ3v) is 4.50. The number of halogens is 3. The van der Waals surface area contributed by atoms with E-state index >= 15 is 0 Å². The van der Waals surface area contributed by atoms with Crippen molar-refractivity contribution >= 4 is 17.3 Å². The highest BCUT2D eigenvalue weighted by atomic mass is 19.4. The van der Waals surface area contributed by atoms with E-state index in [0.717, 1.165) is 12.8 Å². The maximum absolute atomic E-state index is 13.2. The maximum atomic E-state index is 13.2. The van der Waals surface area contributed by atoms with Gasteiger partial charge in [-0.1, -0.05) is 6.07 Å².